The van der Waals surface area contributed by atoms with Crippen molar-refractivity contribution in [2.45, 2.75) is 13.3 Å². The molecule has 1 amide bonds. The van der Waals surface area contributed by atoms with E-state index in [0.717, 1.165) is 30.4 Å². The average molecular weight is 442 g/mol. The van der Waals surface area contributed by atoms with Gasteiger partial charge in [0.15, 0.2) is 0 Å². The van der Waals surface area contributed by atoms with E-state index in [-0.39, 0.29) is 36.7 Å². The van der Waals surface area contributed by atoms with Gasteiger partial charge in [0.1, 0.15) is 5.69 Å². The van der Waals surface area contributed by atoms with Crippen molar-refractivity contribution in [2.24, 2.45) is 0 Å². The first-order valence-electron chi connectivity index (χ1n) is 9.84. The fraction of sp³-hybridized carbons (Fsp3) is 0.333. The van der Waals surface area contributed by atoms with Gasteiger partial charge in [0.25, 0.3) is 11.4 Å². The maximum absolute atomic E-state index is 12.7. The molecule has 0 unspecified atom stereocenters. The number of nitrogens with zero attached hydrogens (tertiary/aromatic N) is 4. The molecule has 11 nitrogen and oxygen atoms in total. The molecule has 0 bridgehead atoms. The number of nitro groups is 2. The Morgan fingerprint density at radius 1 is 1.00 bits per heavy atom. The van der Waals surface area contributed by atoms with E-state index in [9.17, 15) is 29.8 Å². The lowest BCUT2D eigenvalue weighted by molar-refractivity contribution is -0.393. The third-order valence-corrected chi connectivity index (χ3v) is 5.31. The van der Waals surface area contributed by atoms with Crippen LogP contribution in [-0.2, 0) is 16.0 Å². The summed E-state index contributed by atoms with van der Waals surface area (Å²) < 4.78 is 4.70. The second kappa shape index (κ2) is 9.41. The van der Waals surface area contributed by atoms with Crippen molar-refractivity contribution in [3.05, 3.63) is 73.3 Å². The van der Waals surface area contributed by atoms with E-state index in [4.69, 9.17) is 4.74 Å². The number of nitro benzene ring substituents is 2. The molecular formula is C21H22N4O7. The van der Waals surface area contributed by atoms with Crippen LogP contribution in [0.25, 0.3) is 0 Å². The van der Waals surface area contributed by atoms with E-state index in [1.165, 1.54) is 0 Å². The number of ether oxygens (including phenoxy) is 1. The average Bonchev–Trinajstić information content (AvgIpc) is 2.79. The van der Waals surface area contributed by atoms with Gasteiger partial charge in [-0.1, -0.05) is 29.8 Å². The summed E-state index contributed by atoms with van der Waals surface area (Å²) in [5.74, 6) is -0.982. The van der Waals surface area contributed by atoms with E-state index in [1.807, 2.05) is 31.2 Å². The minimum Gasteiger partial charge on any atom is -0.465 e. The Morgan fingerprint density at radius 2 is 1.62 bits per heavy atom. The molecule has 32 heavy (non-hydrogen) atoms. The van der Waals surface area contributed by atoms with Gasteiger partial charge < -0.3 is 14.5 Å². The molecule has 0 radical (unpaired) electrons. The Balaban J connectivity index is 1.82. The summed E-state index contributed by atoms with van der Waals surface area (Å²) >= 11 is 0. The lowest BCUT2D eigenvalue weighted by atomic mass is 10.1. The number of carbonyl (C=O) groups excluding carboxylic acids is 2. The summed E-state index contributed by atoms with van der Waals surface area (Å²) in [5, 5.41) is 22.8. The molecule has 1 heterocycles. The van der Waals surface area contributed by atoms with E-state index in [1.54, 1.807) is 9.80 Å². The zero-order valence-electron chi connectivity index (χ0n) is 17.6. The lowest BCUT2D eigenvalue weighted by Gasteiger charge is -2.36. The van der Waals surface area contributed by atoms with E-state index < -0.39 is 27.2 Å². The van der Waals surface area contributed by atoms with Crippen LogP contribution in [0.1, 0.15) is 21.5 Å². The van der Waals surface area contributed by atoms with Crippen molar-refractivity contribution >= 4 is 28.9 Å². The topological polar surface area (TPSA) is 136 Å². The predicted octanol–water partition coefficient (Wildman–Crippen LogP) is 2.49. The number of piperazine rings is 1. The molecule has 0 aromatic heterocycles. The molecule has 1 aliphatic heterocycles. The van der Waals surface area contributed by atoms with Crippen LogP contribution in [0.3, 0.4) is 0 Å². The number of non-ortho nitro benzene ring substituents is 1. The van der Waals surface area contributed by atoms with Crippen molar-refractivity contribution in [1.29, 1.82) is 0 Å². The molecule has 2 aromatic carbocycles. The van der Waals surface area contributed by atoms with Gasteiger partial charge in [-0.25, -0.2) is 4.79 Å². The zero-order chi connectivity index (χ0) is 23.4. The highest BCUT2D eigenvalue weighted by Gasteiger charge is 2.33. The van der Waals surface area contributed by atoms with Crippen LogP contribution in [0.4, 0.5) is 17.1 Å². The number of methoxy groups -OCH3 is 1. The molecule has 1 fully saturated rings. The summed E-state index contributed by atoms with van der Waals surface area (Å²) in [6.45, 7) is 2.99. The van der Waals surface area contributed by atoms with Crippen molar-refractivity contribution in [2.75, 3.05) is 38.2 Å². The molecular weight excluding hydrogens is 420 g/mol. The number of carbonyl (C=O) groups is 2. The standard InChI is InChI=1S/C21H22N4O7/c1-14-3-5-15(6-4-14)11-19(26)22-7-9-23(10-8-22)20-17(21(27)32-2)12-16(24(28)29)13-18(20)25(30)31/h3-6,12-13H,7-11H2,1-2H3. The third kappa shape index (κ3) is 4.82. The van der Waals surface area contributed by atoms with Crippen LogP contribution in [0, 0.1) is 27.2 Å². The Hall–Kier alpha value is -4.02. The zero-order valence-corrected chi connectivity index (χ0v) is 17.6. The molecule has 1 aliphatic rings. The SMILES string of the molecule is COC(=O)c1cc([N+](=O)[O-])cc([N+](=O)[O-])c1N1CCN(C(=O)Cc2ccc(C)cc2)CC1. The van der Waals surface area contributed by atoms with E-state index >= 15 is 0 Å². The molecule has 11 heteroatoms. The number of hydrogen-bond donors (Lipinski definition) is 0. The van der Waals surface area contributed by atoms with Crippen LogP contribution in [-0.4, -0.2) is 59.9 Å². The second-order valence-electron chi connectivity index (χ2n) is 7.40. The van der Waals surface area contributed by atoms with Crippen molar-refractivity contribution < 1.29 is 24.2 Å². The number of anilines is 1. The van der Waals surface area contributed by atoms with Crippen LogP contribution in [0.2, 0.25) is 0 Å². The molecule has 2 aromatic rings. The van der Waals surface area contributed by atoms with Crippen LogP contribution in [0.5, 0.6) is 0 Å². The maximum atomic E-state index is 12.7. The fourth-order valence-electron chi connectivity index (χ4n) is 3.62. The molecule has 0 spiro atoms. The first-order valence-corrected chi connectivity index (χ1v) is 9.84. The quantitative estimate of drug-likeness (QED) is 0.378. The molecule has 0 aliphatic carbocycles. The first-order chi connectivity index (χ1) is 15.2. The fourth-order valence-corrected chi connectivity index (χ4v) is 3.62. The second-order valence-corrected chi connectivity index (χ2v) is 7.40. The van der Waals surface area contributed by atoms with Gasteiger partial charge in [-0.15, -0.1) is 0 Å². The minimum atomic E-state index is -0.912. The van der Waals surface area contributed by atoms with Gasteiger partial charge in [-0.2, -0.15) is 0 Å². The number of amides is 1. The summed E-state index contributed by atoms with van der Waals surface area (Å²) in [7, 11) is 1.10. The predicted molar refractivity (Wildman–Crippen MR) is 115 cm³/mol. The molecule has 0 saturated carbocycles. The molecule has 3 rings (SSSR count). The number of aryl methyl sites for hydroxylation is 1. The summed E-state index contributed by atoms with van der Waals surface area (Å²) in [6.07, 6.45) is 0.241. The van der Waals surface area contributed by atoms with E-state index in [2.05, 4.69) is 0 Å². The number of hydrogen-bond acceptors (Lipinski definition) is 8. The highest BCUT2D eigenvalue weighted by Crippen LogP contribution is 2.37. The summed E-state index contributed by atoms with van der Waals surface area (Å²) in [5.41, 5.74) is 0.556. The monoisotopic (exact) mass is 442 g/mol. The van der Waals surface area contributed by atoms with Crippen LogP contribution < -0.4 is 4.90 Å². The Bertz CT molecular complexity index is 1060. The van der Waals surface area contributed by atoms with Crippen LogP contribution in [0.15, 0.2) is 36.4 Å². The number of rotatable bonds is 6. The lowest BCUT2D eigenvalue weighted by Crippen LogP contribution is -2.49. The van der Waals surface area contributed by atoms with E-state index in [0.29, 0.717) is 13.1 Å². The Labute approximate surface area is 183 Å². The van der Waals surface area contributed by atoms with Crippen molar-refractivity contribution in [3.8, 4) is 0 Å². The molecule has 1 saturated heterocycles. The highest BCUT2D eigenvalue weighted by atomic mass is 16.6. The van der Waals surface area contributed by atoms with Crippen LogP contribution >= 0.6 is 0 Å². The molecule has 0 N–H and O–H groups in total. The highest BCUT2D eigenvalue weighted by molar-refractivity contribution is 5.99. The largest absolute Gasteiger partial charge is 0.465 e. The summed E-state index contributed by atoms with van der Waals surface area (Å²) in [4.78, 5) is 49.4. The van der Waals surface area contributed by atoms with Gasteiger partial charge in [-0.3, -0.25) is 25.0 Å². The Morgan fingerprint density at radius 3 is 2.16 bits per heavy atom. The number of esters is 1. The maximum Gasteiger partial charge on any atom is 0.340 e. The third-order valence-electron chi connectivity index (χ3n) is 5.31. The Kier molecular flexibility index (Phi) is 6.67. The first kappa shape index (κ1) is 22.7. The summed E-state index contributed by atoms with van der Waals surface area (Å²) in [6, 6.07) is 9.46. The van der Waals surface area contributed by atoms with Gasteiger partial charge in [0.05, 0.1) is 35.0 Å². The van der Waals surface area contributed by atoms with Gasteiger partial charge in [-0.05, 0) is 12.5 Å². The molecule has 168 valence electrons. The minimum absolute atomic E-state index is 0.0434. The molecule has 0 atom stereocenters. The number of benzene rings is 2. The van der Waals surface area contributed by atoms with Gasteiger partial charge in [0.2, 0.25) is 5.91 Å². The smallest absolute Gasteiger partial charge is 0.340 e. The normalized spacial score (nSPS) is 13.6. The van der Waals surface area contributed by atoms with Crippen molar-refractivity contribution in [3.63, 3.8) is 0 Å². The van der Waals surface area contributed by atoms with Crippen molar-refractivity contribution in [1.82, 2.24) is 4.90 Å². The van der Waals surface area contributed by atoms with Gasteiger partial charge in [0, 0.05) is 32.2 Å². The van der Waals surface area contributed by atoms with Gasteiger partial charge >= 0.3 is 5.97 Å².